The van der Waals surface area contributed by atoms with Crippen molar-refractivity contribution < 1.29 is 19.0 Å². The van der Waals surface area contributed by atoms with Crippen molar-refractivity contribution in [2.75, 3.05) is 18.5 Å². The van der Waals surface area contributed by atoms with Crippen molar-refractivity contribution in [3.63, 3.8) is 0 Å². The van der Waals surface area contributed by atoms with E-state index in [0.717, 1.165) is 24.2 Å². The molecule has 0 unspecified atom stereocenters. The highest BCUT2D eigenvalue weighted by Gasteiger charge is 2.16. The second kappa shape index (κ2) is 10.9. The van der Waals surface area contributed by atoms with Gasteiger partial charge < -0.3 is 14.2 Å². The molecule has 0 aliphatic heterocycles. The number of benzene rings is 2. The third-order valence-electron chi connectivity index (χ3n) is 4.05. The quantitative estimate of drug-likeness (QED) is 0.611. The van der Waals surface area contributed by atoms with Crippen LogP contribution in [-0.2, 0) is 22.3 Å². The van der Waals surface area contributed by atoms with Gasteiger partial charge in [-0.3, -0.25) is 5.32 Å². The van der Waals surface area contributed by atoms with Gasteiger partial charge in [0.2, 0.25) is 0 Å². The van der Waals surface area contributed by atoms with Crippen molar-refractivity contribution in [1.29, 1.82) is 0 Å². The molecular formula is C24H32NO4. The summed E-state index contributed by atoms with van der Waals surface area (Å²) in [5.41, 5.74) is 2.50. The smallest absolute Gasteiger partial charge is 0.412 e. The molecule has 1 amide bonds. The van der Waals surface area contributed by atoms with Crippen molar-refractivity contribution in [2.24, 2.45) is 0 Å². The van der Waals surface area contributed by atoms with Crippen molar-refractivity contribution in [3.05, 3.63) is 66.6 Å². The molecule has 0 aliphatic rings. The first-order valence-corrected chi connectivity index (χ1v) is 10.0. The molecule has 1 atom stereocenters. The number of anilines is 1. The van der Waals surface area contributed by atoms with E-state index >= 15 is 0 Å². The van der Waals surface area contributed by atoms with Gasteiger partial charge in [0.1, 0.15) is 11.4 Å². The van der Waals surface area contributed by atoms with Crippen LogP contribution in [0.1, 0.15) is 38.8 Å². The maximum absolute atomic E-state index is 11.8. The van der Waals surface area contributed by atoms with Crippen molar-refractivity contribution in [2.45, 2.75) is 52.2 Å². The van der Waals surface area contributed by atoms with E-state index in [1.165, 1.54) is 5.56 Å². The Balaban J connectivity index is 1.75. The number of hydrogen-bond acceptors (Lipinski definition) is 4. The van der Waals surface area contributed by atoms with E-state index in [4.69, 9.17) is 14.2 Å². The molecule has 0 bridgehead atoms. The van der Waals surface area contributed by atoms with Crippen LogP contribution in [0.3, 0.4) is 0 Å². The first-order chi connectivity index (χ1) is 13.7. The predicted octanol–water partition coefficient (Wildman–Crippen LogP) is 5.44. The van der Waals surface area contributed by atoms with Crippen LogP contribution in [0.4, 0.5) is 10.5 Å². The maximum Gasteiger partial charge on any atom is 0.412 e. The molecule has 29 heavy (non-hydrogen) atoms. The Morgan fingerprint density at radius 1 is 1.03 bits per heavy atom. The molecule has 0 saturated heterocycles. The largest absolute Gasteiger partial charge is 0.493 e. The Bertz CT molecular complexity index is 748. The lowest BCUT2D eigenvalue weighted by Gasteiger charge is -2.19. The van der Waals surface area contributed by atoms with Crippen LogP contribution in [-0.4, -0.2) is 31.0 Å². The minimum absolute atomic E-state index is 0.0282. The number of hydrogen-bond donors (Lipinski definition) is 1. The van der Waals surface area contributed by atoms with Gasteiger partial charge in [0, 0.05) is 18.7 Å². The molecule has 5 heteroatoms. The number of carbonyl (C=O) groups is 1. The molecule has 0 aliphatic carbocycles. The van der Waals surface area contributed by atoms with Gasteiger partial charge in [-0.05, 0) is 76.4 Å². The number of rotatable bonds is 9. The van der Waals surface area contributed by atoms with E-state index in [0.29, 0.717) is 18.9 Å². The topological polar surface area (TPSA) is 56.8 Å². The summed E-state index contributed by atoms with van der Waals surface area (Å²) in [7, 11) is 0. The Morgan fingerprint density at radius 3 is 2.24 bits per heavy atom. The zero-order valence-electron chi connectivity index (χ0n) is 17.9. The predicted molar refractivity (Wildman–Crippen MR) is 116 cm³/mol. The Kier molecular flexibility index (Phi) is 8.52. The standard InChI is InChI=1S/C24H32NO4/c1-6-27-18(2)17-20-9-13-22(14-10-20)28-16-15-19-7-11-21(12-8-19)25-23(26)29-24(3,4)5/h7-14,18H,2,6,15-17H2,1,3-5H3,(H,25,26)/t18-/m0/s1. The molecule has 157 valence electrons. The summed E-state index contributed by atoms with van der Waals surface area (Å²) in [5, 5.41) is 2.73. The second-order valence-corrected chi connectivity index (χ2v) is 7.85. The first kappa shape index (κ1) is 22.8. The third-order valence-corrected chi connectivity index (χ3v) is 4.05. The Morgan fingerprint density at radius 2 is 1.66 bits per heavy atom. The number of carbonyl (C=O) groups excluding carboxylic acids is 1. The molecule has 0 fully saturated rings. The van der Waals surface area contributed by atoms with Crippen LogP contribution in [0.15, 0.2) is 48.5 Å². The molecule has 1 radical (unpaired) electrons. The van der Waals surface area contributed by atoms with E-state index in [9.17, 15) is 4.79 Å². The van der Waals surface area contributed by atoms with Crippen molar-refractivity contribution >= 4 is 11.8 Å². The van der Waals surface area contributed by atoms with Gasteiger partial charge in [0.15, 0.2) is 0 Å². The molecule has 0 heterocycles. The maximum atomic E-state index is 11.8. The van der Waals surface area contributed by atoms with E-state index < -0.39 is 11.7 Å². The summed E-state index contributed by atoms with van der Waals surface area (Å²) < 4.78 is 16.5. The molecular weight excluding hydrogens is 366 g/mol. The fourth-order valence-corrected chi connectivity index (χ4v) is 2.74. The zero-order chi connectivity index (χ0) is 21.3. The van der Waals surface area contributed by atoms with Gasteiger partial charge >= 0.3 is 6.09 Å². The minimum Gasteiger partial charge on any atom is -0.493 e. The van der Waals surface area contributed by atoms with Gasteiger partial charge in [0.05, 0.1) is 12.7 Å². The molecule has 2 aromatic carbocycles. The van der Waals surface area contributed by atoms with Crippen LogP contribution in [0, 0.1) is 6.92 Å². The highest BCUT2D eigenvalue weighted by atomic mass is 16.6. The summed E-state index contributed by atoms with van der Waals surface area (Å²) in [5.74, 6) is 0.842. The van der Waals surface area contributed by atoms with E-state index in [1.807, 2.05) is 76.2 Å². The third kappa shape index (κ3) is 9.01. The zero-order valence-corrected chi connectivity index (χ0v) is 17.9. The van der Waals surface area contributed by atoms with Crippen LogP contribution in [0.5, 0.6) is 5.75 Å². The SMILES string of the molecule is [CH2][C@@H](Cc1ccc(OCCc2ccc(NC(=O)OC(C)(C)C)cc2)cc1)OCC. The first-order valence-electron chi connectivity index (χ1n) is 10.0. The summed E-state index contributed by atoms with van der Waals surface area (Å²) in [6.45, 7) is 12.7. The number of nitrogens with one attached hydrogen (secondary N) is 1. The van der Waals surface area contributed by atoms with Gasteiger partial charge in [-0.15, -0.1) is 0 Å². The summed E-state index contributed by atoms with van der Waals surface area (Å²) in [6.07, 6.45) is 1.08. The summed E-state index contributed by atoms with van der Waals surface area (Å²) >= 11 is 0. The van der Waals surface area contributed by atoms with Crippen LogP contribution in [0.2, 0.25) is 0 Å². The lowest BCUT2D eigenvalue weighted by Crippen LogP contribution is -2.27. The van der Waals surface area contributed by atoms with Crippen LogP contribution < -0.4 is 10.1 Å². The van der Waals surface area contributed by atoms with Gasteiger partial charge in [0.25, 0.3) is 0 Å². The van der Waals surface area contributed by atoms with E-state index in [2.05, 4.69) is 12.2 Å². The Labute approximate surface area is 174 Å². The average molecular weight is 399 g/mol. The summed E-state index contributed by atoms with van der Waals surface area (Å²) in [4.78, 5) is 11.8. The lowest BCUT2D eigenvalue weighted by molar-refractivity contribution is 0.0636. The average Bonchev–Trinajstić information content (AvgIpc) is 2.63. The van der Waals surface area contributed by atoms with Gasteiger partial charge in [-0.2, -0.15) is 0 Å². The highest BCUT2D eigenvalue weighted by Crippen LogP contribution is 2.16. The van der Waals surface area contributed by atoms with E-state index in [-0.39, 0.29) is 6.10 Å². The molecule has 0 saturated carbocycles. The van der Waals surface area contributed by atoms with Crippen molar-refractivity contribution in [1.82, 2.24) is 0 Å². The molecule has 2 rings (SSSR count). The molecule has 5 nitrogen and oxygen atoms in total. The lowest BCUT2D eigenvalue weighted by atomic mass is 10.1. The Hall–Kier alpha value is -2.53. The van der Waals surface area contributed by atoms with Crippen LogP contribution in [0.25, 0.3) is 0 Å². The molecule has 0 spiro atoms. The van der Waals surface area contributed by atoms with Gasteiger partial charge in [-0.1, -0.05) is 24.3 Å². The molecule has 0 aromatic heterocycles. The van der Waals surface area contributed by atoms with E-state index in [1.54, 1.807) is 0 Å². The number of amides is 1. The molecule has 1 N–H and O–H groups in total. The summed E-state index contributed by atoms with van der Waals surface area (Å²) in [6, 6.07) is 15.7. The minimum atomic E-state index is -0.516. The monoisotopic (exact) mass is 398 g/mol. The second-order valence-electron chi connectivity index (χ2n) is 7.85. The number of ether oxygens (including phenoxy) is 3. The van der Waals surface area contributed by atoms with Gasteiger partial charge in [-0.25, -0.2) is 4.79 Å². The fraction of sp³-hybridized carbons (Fsp3) is 0.417. The normalized spacial score (nSPS) is 12.3. The van der Waals surface area contributed by atoms with Crippen molar-refractivity contribution in [3.8, 4) is 5.75 Å². The highest BCUT2D eigenvalue weighted by molar-refractivity contribution is 5.84. The van der Waals surface area contributed by atoms with Crippen LogP contribution >= 0.6 is 0 Å². The fourth-order valence-electron chi connectivity index (χ4n) is 2.74. The molecule has 2 aromatic rings.